The Kier molecular flexibility index (Phi) is 4.52. The van der Waals surface area contributed by atoms with Crippen molar-refractivity contribution in [2.45, 2.75) is 6.92 Å². The summed E-state index contributed by atoms with van der Waals surface area (Å²) in [5.41, 5.74) is 3.10. The number of H-pyrrole nitrogens is 1. The van der Waals surface area contributed by atoms with Crippen LogP contribution in [0.3, 0.4) is 0 Å². The zero-order valence-corrected chi connectivity index (χ0v) is 17.3. The van der Waals surface area contributed by atoms with E-state index in [0.717, 1.165) is 20.8 Å². The van der Waals surface area contributed by atoms with Crippen molar-refractivity contribution in [2.75, 3.05) is 5.32 Å². The summed E-state index contributed by atoms with van der Waals surface area (Å²) in [5.74, 6) is -1.01. The average Bonchev–Trinajstić information content (AvgIpc) is 3.17. The van der Waals surface area contributed by atoms with E-state index < -0.39 is 11.5 Å². The molecule has 152 valence electrons. The lowest BCUT2D eigenvalue weighted by molar-refractivity contribution is 0.102. The van der Waals surface area contributed by atoms with E-state index in [2.05, 4.69) is 28.3 Å². The number of aromatic hydroxyl groups is 1. The number of anilines is 1. The molecule has 3 aromatic carbocycles. The Balaban J connectivity index is 1.42. The number of para-hydroxylation sites is 1. The van der Waals surface area contributed by atoms with Crippen LogP contribution in [0.4, 0.5) is 5.69 Å². The number of nitrogens with one attached hydrogen (secondary N) is 2. The standard InChI is InChI=1S/C24H17N3O3S/c1-13-6-11-18-19(12-13)31-24(27-18)14-7-9-15(10-8-14)25-22(29)20-21(28)16-4-2-3-5-17(16)26-23(20)30/h2-12H,1H3,(H,25,29)(H2,26,28,30). The predicted molar refractivity (Wildman–Crippen MR) is 124 cm³/mol. The summed E-state index contributed by atoms with van der Waals surface area (Å²) in [5, 5.41) is 14.5. The Labute approximate surface area is 180 Å². The lowest BCUT2D eigenvalue weighted by Gasteiger charge is -2.09. The zero-order chi connectivity index (χ0) is 21.5. The first kappa shape index (κ1) is 19.0. The van der Waals surface area contributed by atoms with Crippen molar-refractivity contribution in [3.8, 4) is 16.3 Å². The molecule has 0 aliphatic carbocycles. The number of aromatic amines is 1. The van der Waals surface area contributed by atoms with Gasteiger partial charge in [-0.15, -0.1) is 11.3 Å². The van der Waals surface area contributed by atoms with Gasteiger partial charge in [-0.1, -0.05) is 18.2 Å². The van der Waals surface area contributed by atoms with E-state index in [9.17, 15) is 14.7 Å². The van der Waals surface area contributed by atoms with Crippen LogP contribution in [0.2, 0.25) is 0 Å². The van der Waals surface area contributed by atoms with Crippen molar-refractivity contribution in [3.63, 3.8) is 0 Å². The Morgan fingerprint density at radius 2 is 1.84 bits per heavy atom. The van der Waals surface area contributed by atoms with Crippen LogP contribution in [0, 0.1) is 6.92 Å². The van der Waals surface area contributed by atoms with Crippen molar-refractivity contribution < 1.29 is 9.90 Å². The van der Waals surface area contributed by atoms with Gasteiger partial charge >= 0.3 is 0 Å². The normalized spacial score (nSPS) is 11.1. The Morgan fingerprint density at radius 1 is 1.06 bits per heavy atom. The van der Waals surface area contributed by atoms with Crippen LogP contribution in [0.1, 0.15) is 15.9 Å². The topological polar surface area (TPSA) is 95.1 Å². The van der Waals surface area contributed by atoms with Gasteiger partial charge in [0.15, 0.2) is 0 Å². The van der Waals surface area contributed by atoms with Crippen LogP contribution in [0.15, 0.2) is 71.5 Å². The summed E-state index contributed by atoms with van der Waals surface area (Å²) in [6.07, 6.45) is 0. The number of rotatable bonds is 3. The minimum Gasteiger partial charge on any atom is -0.506 e. The number of aryl methyl sites for hydroxylation is 1. The van der Waals surface area contributed by atoms with Crippen LogP contribution in [-0.4, -0.2) is 21.0 Å². The fourth-order valence-corrected chi connectivity index (χ4v) is 4.55. The summed E-state index contributed by atoms with van der Waals surface area (Å²) in [6.45, 7) is 2.05. The van der Waals surface area contributed by atoms with Crippen LogP contribution >= 0.6 is 11.3 Å². The fourth-order valence-electron chi connectivity index (χ4n) is 3.48. The lowest BCUT2D eigenvalue weighted by Crippen LogP contribution is -2.23. The molecule has 0 fully saturated rings. The Bertz CT molecular complexity index is 1520. The zero-order valence-electron chi connectivity index (χ0n) is 16.5. The molecule has 0 bridgehead atoms. The minimum absolute atomic E-state index is 0.315. The third kappa shape index (κ3) is 3.45. The maximum absolute atomic E-state index is 12.7. The van der Waals surface area contributed by atoms with E-state index in [-0.39, 0.29) is 11.3 Å². The second kappa shape index (κ2) is 7.37. The lowest BCUT2D eigenvalue weighted by atomic mass is 10.1. The third-order valence-corrected chi connectivity index (χ3v) is 6.12. The van der Waals surface area contributed by atoms with Crippen LogP contribution < -0.4 is 10.9 Å². The quantitative estimate of drug-likeness (QED) is 0.375. The van der Waals surface area contributed by atoms with Gasteiger partial charge in [-0.25, -0.2) is 4.98 Å². The molecular formula is C24H17N3O3S. The third-order valence-electron chi connectivity index (χ3n) is 5.05. The predicted octanol–water partition coefficient (Wildman–Crippen LogP) is 5.07. The molecule has 0 radical (unpaired) electrons. The van der Waals surface area contributed by atoms with Crippen LogP contribution in [-0.2, 0) is 0 Å². The number of benzene rings is 3. The molecule has 1 amide bonds. The minimum atomic E-state index is -0.673. The first-order chi connectivity index (χ1) is 15.0. The molecule has 5 rings (SSSR count). The van der Waals surface area contributed by atoms with Crippen molar-refractivity contribution in [1.29, 1.82) is 0 Å². The SMILES string of the molecule is Cc1ccc2nc(-c3ccc(NC(=O)c4c(O)c5ccccc5[nH]c4=O)cc3)sc2c1. The summed E-state index contributed by atoms with van der Waals surface area (Å²) in [6, 6.07) is 20.2. The number of carbonyl (C=O) groups excluding carboxylic acids is 1. The largest absolute Gasteiger partial charge is 0.506 e. The monoisotopic (exact) mass is 427 g/mol. The first-order valence-corrected chi connectivity index (χ1v) is 10.4. The maximum Gasteiger partial charge on any atom is 0.265 e. The molecule has 31 heavy (non-hydrogen) atoms. The summed E-state index contributed by atoms with van der Waals surface area (Å²) < 4.78 is 1.12. The highest BCUT2D eigenvalue weighted by Crippen LogP contribution is 2.31. The highest BCUT2D eigenvalue weighted by molar-refractivity contribution is 7.21. The van der Waals surface area contributed by atoms with Gasteiger partial charge in [0, 0.05) is 16.6 Å². The van der Waals surface area contributed by atoms with Gasteiger partial charge in [0.25, 0.3) is 11.5 Å². The summed E-state index contributed by atoms with van der Waals surface area (Å²) >= 11 is 1.61. The molecule has 0 saturated heterocycles. The number of amides is 1. The van der Waals surface area contributed by atoms with Crippen molar-refractivity contribution >= 4 is 44.1 Å². The number of thiazole rings is 1. The molecule has 7 heteroatoms. The van der Waals surface area contributed by atoms with Gasteiger partial charge in [-0.05, 0) is 61.0 Å². The van der Waals surface area contributed by atoms with Gasteiger partial charge in [-0.2, -0.15) is 0 Å². The maximum atomic E-state index is 12.7. The molecule has 0 aliphatic rings. The molecule has 0 atom stereocenters. The molecule has 2 heterocycles. The molecule has 0 saturated carbocycles. The van der Waals surface area contributed by atoms with E-state index in [0.29, 0.717) is 16.6 Å². The van der Waals surface area contributed by atoms with Crippen molar-refractivity contribution in [1.82, 2.24) is 9.97 Å². The molecular weight excluding hydrogens is 410 g/mol. The Hall–Kier alpha value is -3.97. The van der Waals surface area contributed by atoms with Gasteiger partial charge in [-0.3, -0.25) is 9.59 Å². The van der Waals surface area contributed by atoms with Gasteiger partial charge in [0.05, 0.1) is 15.7 Å². The first-order valence-electron chi connectivity index (χ1n) is 9.62. The van der Waals surface area contributed by atoms with Crippen molar-refractivity contribution in [2.24, 2.45) is 0 Å². The summed E-state index contributed by atoms with van der Waals surface area (Å²) in [7, 11) is 0. The number of nitrogens with zero attached hydrogens (tertiary/aromatic N) is 1. The number of carbonyl (C=O) groups is 1. The highest BCUT2D eigenvalue weighted by atomic mass is 32.1. The number of hydrogen-bond acceptors (Lipinski definition) is 5. The second-order valence-corrected chi connectivity index (χ2v) is 8.28. The molecule has 3 N–H and O–H groups in total. The molecule has 0 spiro atoms. The second-order valence-electron chi connectivity index (χ2n) is 7.24. The fraction of sp³-hybridized carbons (Fsp3) is 0.0417. The molecule has 0 aliphatic heterocycles. The molecule has 0 unspecified atom stereocenters. The van der Waals surface area contributed by atoms with Crippen molar-refractivity contribution in [3.05, 3.63) is 88.2 Å². The van der Waals surface area contributed by atoms with Gasteiger partial charge in [0.1, 0.15) is 16.3 Å². The van der Waals surface area contributed by atoms with E-state index in [1.807, 2.05) is 24.3 Å². The summed E-state index contributed by atoms with van der Waals surface area (Å²) in [4.78, 5) is 32.3. The van der Waals surface area contributed by atoms with Gasteiger partial charge in [0.2, 0.25) is 0 Å². The van der Waals surface area contributed by atoms with E-state index >= 15 is 0 Å². The average molecular weight is 427 g/mol. The van der Waals surface area contributed by atoms with E-state index in [1.165, 1.54) is 5.56 Å². The van der Waals surface area contributed by atoms with Crippen LogP contribution in [0.5, 0.6) is 5.75 Å². The smallest absolute Gasteiger partial charge is 0.265 e. The molecule has 2 aromatic heterocycles. The van der Waals surface area contributed by atoms with Crippen LogP contribution in [0.25, 0.3) is 31.7 Å². The number of hydrogen-bond donors (Lipinski definition) is 3. The highest BCUT2D eigenvalue weighted by Gasteiger charge is 2.19. The van der Waals surface area contributed by atoms with E-state index in [4.69, 9.17) is 0 Å². The molecule has 5 aromatic rings. The number of aromatic nitrogens is 2. The number of fused-ring (bicyclic) bond motifs is 2. The number of pyridine rings is 1. The van der Waals surface area contributed by atoms with Gasteiger partial charge < -0.3 is 15.4 Å². The Morgan fingerprint density at radius 3 is 2.65 bits per heavy atom. The molecule has 6 nitrogen and oxygen atoms in total. The van der Waals surface area contributed by atoms with E-state index in [1.54, 1.807) is 47.7 Å².